The Morgan fingerprint density at radius 1 is 1.08 bits per heavy atom. The van der Waals surface area contributed by atoms with Crippen molar-refractivity contribution in [2.75, 3.05) is 32.8 Å². The van der Waals surface area contributed by atoms with Gasteiger partial charge in [-0.2, -0.15) is 0 Å². The van der Waals surface area contributed by atoms with Crippen LogP contribution in [0.25, 0.3) is 0 Å². The molecule has 25 heavy (non-hydrogen) atoms. The molecule has 0 bridgehead atoms. The van der Waals surface area contributed by atoms with Gasteiger partial charge < -0.3 is 20.7 Å². The maximum atomic E-state index is 11.8. The van der Waals surface area contributed by atoms with Crippen molar-refractivity contribution in [3.05, 3.63) is 30.3 Å². The Kier molecular flexibility index (Phi) is 9.43. The molecule has 0 aliphatic heterocycles. The zero-order valence-corrected chi connectivity index (χ0v) is 15.9. The van der Waals surface area contributed by atoms with Crippen LogP contribution < -0.4 is 20.7 Å². The van der Waals surface area contributed by atoms with Gasteiger partial charge in [0.05, 0.1) is 6.61 Å². The van der Waals surface area contributed by atoms with E-state index in [-0.39, 0.29) is 11.3 Å². The molecule has 0 spiro atoms. The molecule has 0 atom stereocenters. The summed E-state index contributed by atoms with van der Waals surface area (Å²) in [5.41, 5.74) is -0.364. The third-order valence-corrected chi connectivity index (χ3v) is 3.31. The highest BCUT2D eigenvalue weighted by atomic mass is 16.5. The average Bonchev–Trinajstić information content (AvgIpc) is 2.58. The summed E-state index contributed by atoms with van der Waals surface area (Å²) in [6, 6.07) is 9.77. The molecular formula is C19H32N4O2. The van der Waals surface area contributed by atoms with Crippen LogP contribution in [-0.4, -0.2) is 44.7 Å². The van der Waals surface area contributed by atoms with E-state index in [0.717, 1.165) is 24.7 Å². The Labute approximate surface area is 151 Å². The van der Waals surface area contributed by atoms with E-state index in [9.17, 15) is 4.79 Å². The smallest absolute Gasteiger partial charge is 0.225 e. The van der Waals surface area contributed by atoms with Gasteiger partial charge in [0.2, 0.25) is 5.91 Å². The van der Waals surface area contributed by atoms with Gasteiger partial charge in [-0.15, -0.1) is 0 Å². The van der Waals surface area contributed by atoms with Gasteiger partial charge >= 0.3 is 0 Å². The van der Waals surface area contributed by atoms with Crippen LogP contribution in [-0.2, 0) is 4.79 Å². The predicted octanol–water partition coefficient (Wildman–Crippen LogP) is 2.17. The number of rotatable bonds is 9. The first-order valence-corrected chi connectivity index (χ1v) is 8.92. The molecule has 6 heteroatoms. The summed E-state index contributed by atoms with van der Waals surface area (Å²) in [5, 5.41) is 9.32. The van der Waals surface area contributed by atoms with E-state index in [0.29, 0.717) is 26.2 Å². The number of ether oxygens (including phenoxy) is 1. The number of carbonyl (C=O) groups excluding carboxylic acids is 1. The normalized spacial score (nSPS) is 11.8. The topological polar surface area (TPSA) is 74.8 Å². The van der Waals surface area contributed by atoms with Crippen LogP contribution in [0.4, 0.5) is 0 Å². The first-order valence-electron chi connectivity index (χ1n) is 8.92. The number of hydrogen-bond acceptors (Lipinski definition) is 3. The number of para-hydroxylation sites is 1. The SMILES string of the molecule is CCNC(=NCCCOc1ccccc1)NCCNC(=O)C(C)(C)C. The molecular weight excluding hydrogens is 316 g/mol. The highest BCUT2D eigenvalue weighted by molar-refractivity contribution is 5.81. The molecule has 0 heterocycles. The summed E-state index contributed by atoms with van der Waals surface area (Å²) in [6.07, 6.45) is 0.840. The Morgan fingerprint density at radius 2 is 1.76 bits per heavy atom. The molecule has 140 valence electrons. The van der Waals surface area contributed by atoms with Gasteiger partial charge in [0.15, 0.2) is 5.96 Å². The monoisotopic (exact) mass is 348 g/mol. The molecule has 0 aliphatic carbocycles. The maximum absolute atomic E-state index is 11.8. The van der Waals surface area contributed by atoms with Crippen LogP contribution in [0, 0.1) is 5.41 Å². The van der Waals surface area contributed by atoms with Crippen LogP contribution in [0.15, 0.2) is 35.3 Å². The van der Waals surface area contributed by atoms with Gasteiger partial charge in [-0.25, -0.2) is 0 Å². The Hall–Kier alpha value is -2.24. The zero-order valence-electron chi connectivity index (χ0n) is 15.9. The lowest BCUT2D eigenvalue weighted by molar-refractivity contribution is -0.128. The van der Waals surface area contributed by atoms with Crippen LogP contribution >= 0.6 is 0 Å². The third-order valence-electron chi connectivity index (χ3n) is 3.31. The van der Waals surface area contributed by atoms with Crippen molar-refractivity contribution in [2.45, 2.75) is 34.1 Å². The molecule has 3 N–H and O–H groups in total. The fourth-order valence-electron chi connectivity index (χ4n) is 1.93. The molecule has 1 amide bonds. The lowest BCUT2D eigenvalue weighted by Crippen LogP contribution is -2.43. The van der Waals surface area contributed by atoms with Crippen molar-refractivity contribution in [3.8, 4) is 5.75 Å². The van der Waals surface area contributed by atoms with Crippen LogP contribution in [0.1, 0.15) is 34.1 Å². The van der Waals surface area contributed by atoms with Crippen molar-refractivity contribution in [1.82, 2.24) is 16.0 Å². The van der Waals surface area contributed by atoms with E-state index in [1.54, 1.807) is 0 Å². The fraction of sp³-hybridized carbons (Fsp3) is 0.579. The molecule has 1 aromatic rings. The fourth-order valence-corrected chi connectivity index (χ4v) is 1.93. The van der Waals surface area contributed by atoms with Gasteiger partial charge in [0.25, 0.3) is 0 Å². The van der Waals surface area contributed by atoms with Gasteiger partial charge in [0, 0.05) is 38.0 Å². The van der Waals surface area contributed by atoms with E-state index < -0.39 is 0 Å². The van der Waals surface area contributed by atoms with E-state index in [2.05, 4.69) is 20.9 Å². The van der Waals surface area contributed by atoms with Crippen molar-refractivity contribution >= 4 is 11.9 Å². The van der Waals surface area contributed by atoms with Gasteiger partial charge in [0.1, 0.15) is 5.75 Å². The Balaban J connectivity index is 2.23. The lowest BCUT2D eigenvalue weighted by atomic mass is 9.96. The van der Waals surface area contributed by atoms with Crippen LogP contribution in [0.5, 0.6) is 5.75 Å². The van der Waals surface area contributed by atoms with Crippen molar-refractivity contribution < 1.29 is 9.53 Å². The molecule has 0 aliphatic rings. The summed E-state index contributed by atoms with van der Waals surface area (Å²) in [4.78, 5) is 16.3. The molecule has 0 aromatic heterocycles. The molecule has 0 unspecified atom stereocenters. The van der Waals surface area contributed by atoms with E-state index in [1.165, 1.54) is 0 Å². The Morgan fingerprint density at radius 3 is 2.40 bits per heavy atom. The van der Waals surface area contributed by atoms with Crippen molar-refractivity contribution in [3.63, 3.8) is 0 Å². The minimum absolute atomic E-state index is 0.0503. The maximum Gasteiger partial charge on any atom is 0.225 e. The van der Waals surface area contributed by atoms with Crippen molar-refractivity contribution in [1.29, 1.82) is 0 Å². The second-order valence-corrected chi connectivity index (χ2v) is 6.71. The number of benzene rings is 1. The number of hydrogen-bond donors (Lipinski definition) is 3. The minimum atomic E-state index is -0.364. The summed E-state index contributed by atoms with van der Waals surface area (Å²) in [5.74, 6) is 1.69. The number of carbonyl (C=O) groups is 1. The lowest BCUT2D eigenvalue weighted by Gasteiger charge is -2.18. The van der Waals surface area contributed by atoms with E-state index >= 15 is 0 Å². The highest BCUT2D eigenvalue weighted by Crippen LogP contribution is 2.11. The number of aliphatic imine (C=N–C) groups is 1. The molecule has 0 radical (unpaired) electrons. The number of nitrogens with one attached hydrogen (secondary N) is 3. The van der Waals surface area contributed by atoms with E-state index in [4.69, 9.17) is 4.74 Å². The quantitative estimate of drug-likeness (QED) is 0.363. The molecule has 1 aromatic carbocycles. The highest BCUT2D eigenvalue weighted by Gasteiger charge is 2.20. The van der Waals surface area contributed by atoms with Crippen LogP contribution in [0.3, 0.4) is 0 Å². The van der Waals surface area contributed by atoms with Gasteiger partial charge in [-0.05, 0) is 19.1 Å². The summed E-state index contributed by atoms with van der Waals surface area (Å²) in [6.45, 7) is 11.0. The summed E-state index contributed by atoms with van der Waals surface area (Å²) in [7, 11) is 0. The van der Waals surface area contributed by atoms with Gasteiger partial charge in [-0.1, -0.05) is 39.0 Å². The number of amides is 1. The molecule has 1 rings (SSSR count). The summed E-state index contributed by atoms with van der Waals surface area (Å²) < 4.78 is 5.65. The van der Waals surface area contributed by atoms with Gasteiger partial charge in [-0.3, -0.25) is 9.79 Å². The molecule has 6 nitrogen and oxygen atoms in total. The standard InChI is InChI=1S/C19H32N4O2/c1-5-20-18(23-14-13-21-17(24)19(2,3)4)22-12-9-15-25-16-10-7-6-8-11-16/h6-8,10-11H,5,9,12-15H2,1-4H3,(H,21,24)(H2,20,22,23). The Bertz CT molecular complexity index is 524. The second kappa shape index (κ2) is 11.3. The molecule has 0 saturated heterocycles. The first-order chi connectivity index (χ1) is 11.9. The van der Waals surface area contributed by atoms with Crippen molar-refractivity contribution in [2.24, 2.45) is 10.4 Å². The predicted molar refractivity (Wildman–Crippen MR) is 103 cm³/mol. The van der Waals surface area contributed by atoms with E-state index in [1.807, 2.05) is 58.0 Å². The average molecular weight is 348 g/mol. The molecule has 0 fully saturated rings. The third kappa shape index (κ3) is 9.59. The summed E-state index contributed by atoms with van der Waals surface area (Å²) >= 11 is 0. The zero-order chi connectivity index (χ0) is 18.5. The molecule has 0 saturated carbocycles. The largest absolute Gasteiger partial charge is 0.494 e. The number of nitrogens with zero attached hydrogens (tertiary/aromatic N) is 1. The number of guanidine groups is 1. The first kappa shape index (κ1) is 20.8. The minimum Gasteiger partial charge on any atom is -0.494 e. The second-order valence-electron chi connectivity index (χ2n) is 6.71. The van der Waals surface area contributed by atoms with Crippen LogP contribution in [0.2, 0.25) is 0 Å².